The first-order valence-electron chi connectivity index (χ1n) is 11.4. The van der Waals surface area contributed by atoms with Crippen LogP contribution in [0, 0.1) is 12.8 Å². The van der Waals surface area contributed by atoms with Gasteiger partial charge in [-0.1, -0.05) is 38.1 Å². The number of thiocarbonyl (C=S) groups is 1. The molecule has 0 bridgehead atoms. The molecule has 0 amide bonds. The van der Waals surface area contributed by atoms with Gasteiger partial charge in [0, 0.05) is 42.3 Å². The van der Waals surface area contributed by atoms with Crippen LogP contribution in [0.15, 0.2) is 60.8 Å². The number of para-hydroxylation sites is 1. The van der Waals surface area contributed by atoms with Gasteiger partial charge in [-0.05, 0) is 55.4 Å². The van der Waals surface area contributed by atoms with Gasteiger partial charge < -0.3 is 15.1 Å². The molecular formula is C26H28N6S. The van der Waals surface area contributed by atoms with E-state index >= 15 is 0 Å². The van der Waals surface area contributed by atoms with Crippen LogP contribution in [-0.4, -0.2) is 50.6 Å². The Balaban J connectivity index is 1.38. The first-order chi connectivity index (χ1) is 16.0. The second-order valence-electron chi connectivity index (χ2n) is 8.88. The van der Waals surface area contributed by atoms with Crippen LogP contribution in [0.2, 0.25) is 0 Å². The summed E-state index contributed by atoms with van der Waals surface area (Å²) in [4.78, 5) is 18.8. The minimum atomic E-state index is 0.252. The summed E-state index contributed by atoms with van der Waals surface area (Å²) < 4.78 is 0. The Bertz CT molecular complexity index is 1320. The van der Waals surface area contributed by atoms with E-state index in [1.165, 1.54) is 0 Å². The van der Waals surface area contributed by atoms with Crippen LogP contribution in [0.25, 0.3) is 21.8 Å². The van der Waals surface area contributed by atoms with E-state index in [9.17, 15) is 0 Å². The molecule has 0 radical (unpaired) electrons. The second kappa shape index (κ2) is 8.90. The van der Waals surface area contributed by atoms with Crippen LogP contribution in [0.3, 0.4) is 0 Å². The molecule has 1 N–H and O–H groups in total. The molecule has 1 fully saturated rings. The number of rotatable bonds is 3. The van der Waals surface area contributed by atoms with E-state index in [4.69, 9.17) is 22.2 Å². The predicted molar refractivity (Wildman–Crippen MR) is 140 cm³/mol. The highest BCUT2D eigenvalue weighted by molar-refractivity contribution is 7.80. The van der Waals surface area contributed by atoms with Gasteiger partial charge in [-0.3, -0.25) is 4.98 Å². The zero-order chi connectivity index (χ0) is 22.9. The fourth-order valence-electron chi connectivity index (χ4n) is 4.58. The molecule has 1 unspecified atom stereocenters. The topological polar surface area (TPSA) is 57.2 Å². The zero-order valence-electron chi connectivity index (χ0n) is 19.2. The molecule has 1 atom stereocenters. The van der Waals surface area contributed by atoms with Gasteiger partial charge in [-0.2, -0.15) is 0 Å². The number of piperazine rings is 1. The quantitative estimate of drug-likeness (QED) is 0.434. The van der Waals surface area contributed by atoms with Crippen molar-refractivity contribution in [2.24, 2.45) is 5.92 Å². The third-order valence-corrected chi connectivity index (χ3v) is 6.74. The van der Waals surface area contributed by atoms with E-state index in [0.717, 1.165) is 63.9 Å². The van der Waals surface area contributed by atoms with E-state index in [1.54, 1.807) is 0 Å². The molecule has 1 saturated heterocycles. The molecule has 0 saturated carbocycles. The van der Waals surface area contributed by atoms with Crippen molar-refractivity contribution in [3.05, 3.63) is 66.5 Å². The number of pyridine rings is 1. The molecule has 0 aliphatic carbocycles. The molecular weight excluding hydrogens is 428 g/mol. The molecule has 5 rings (SSSR count). The lowest BCUT2D eigenvalue weighted by atomic mass is 10.00. The number of nitrogens with zero attached hydrogens (tertiary/aromatic N) is 5. The number of fused-ring (bicyclic) bond motifs is 2. The van der Waals surface area contributed by atoms with Crippen molar-refractivity contribution in [1.82, 2.24) is 19.9 Å². The van der Waals surface area contributed by atoms with E-state index in [0.29, 0.717) is 5.92 Å². The highest BCUT2D eigenvalue weighted by Crippen LogP contribution is 2.26. The van der Waals surface area contributed by atoms with Crippen molar-refractivity contribution in [2.75, 3.05) is 29.9 Å². The second-order valence-corrected chi connectivity index (χ2v) is 9.27. The minimum absolute atomic E-state index is 0.252. The van der Waals surface area contributed by atoms with Gasteiger partial charge in [0.25, 0.3) is 0 Å². The van der Waals surface area contributed by atoms with Gasteiger partial charge in [0.1, 0.15) is 0 Å². The summed E-state index contributed by atoms with van der Waals surface area (Å²) in [5, 5.41) is 6.42. The van der Waals surface area contributed by atoms with Crippen LogP contribution in [0.4, 0.5) is 11.6 Å². The van der Waals surface area contributed by atoms with Crippen molar-refractivity contribution in [2.45, 2.75) is 26.8 Å². The predicted octanol–water partition coefficient (Wildman–Crippen LogP) is 5.03. The molecule has 6 nitrogen and oxygen atoms in total. The number of benzene rings is 2. The third-order valence-electron chi connectivity index (χ3n) is 6.40. The molecule has 168 valence electrons. The Kier molecular flexibility index (Phi) is 5.81. The molecule has 3 heterocycles. The van der Waals surface area contributed by atoms with Gasteiger partial charge in [0.15, 0.2) is 5.11 Å². The molecule has 0 spiro atoms. The summed E-state index contributed by atoms with van der Waals surface area (Å²) >= 11 is 5.90. The van der Waals surface area contributed by atoms with Crippen molar-refractivity contribution < 1.29 is 0 Å². The molecule has 2 aromatic heterocycles. The summed E-state index contributed by atoms with van der Waals surface area (Å²) in [5.41, 5.74) is 3.95. The van der Waals surface area contributed by atoms with E-state index in [-0.39, 0.29) is 6.04 Å². The lowest BCUT2D eigenvalue weighted by Gasteiger charge is -2.44. The first kappa shape index (κ1) is 21.5. The average Bonchev–Trinajstić information content (AvgIpc) is 2.84. The standard InChI is InChI=1S/C26H28N6S/c1-17(2)24-16-31(25-28-18(3)19-8-4-5-10-22(19)29-25)14-15-32(24)26(33)30-23-12-6-11-21-20(23)9-7-13-27-21/h4-13,17,24H,14-16H2,1-3H3,(H,30,33). The Morgan fingerprint density at radius 1 is 0.970 bits per heavy atom. The Morgan fingerprint density at radius 2 is 1.76 bits per heavy atom. The first-order valence-corrected chi connectivity index (χ1v) is 11.8. The smallest absolute Gasteiger partial charge is 0.226 e. The zero-order valence-corrected chi connectivity index (χ0v) is 20.0. The van der Waals surface area contributed by atoms with Crippen LogP contribution in [0.1, 0.15) is 19.5 Å². The fraction of sp³-hybridized carbons (Fsp3) is 0.308. The maximum absolute atomic E-state index is 5.90. The lowest BCUT2D eigenvalue weighted by Crippen LogP contribution is -2.58. The van der Waals surface area contributed by atoms with Gasteiger partial charge in [0.2, 0.25) is 5.95 Å². The highest BCUT2D eigenvalue weighted by atomic mass is 32.1. The van der Waals surface area contributed by atoms with Crippen LogP contribution >= 0.6 is 12.2 Å². The highest BCUT2D eigenvalue weighted by Gasteiger charge is 2.32. The van der Waals surface area contributed by atoms with Crippen molar-refractivity contribution in [1.29, 1.82) is 0 Å². The molecule has 1 aliphatic rings. The van der Waals surface area contributed by atoms with Crippen molar-refractivity contribution in [3.63, 3.8) is 0 Å². The lowest BCUT2D eigenvalue weighted by molar-refractivity contribution is 0.227. The van der Waals surface area contributed by atoms with E-state index < -0.39 is 0 Å². The number of aryl methyl sites for hydroxylation is 1. The van der Waals surface area contributed by atoms with Gasteiger partial charge in [-0.25, -0.2) is 9.97 Å². The molecule has 7 heteroatoms. The number of anilines is 2. The Hall–Kier alpha value is -3.32. The minimum Gasteiger partial charge on any atom is -0.342 e. The maximum Gasteiger partial charge on any atom is 0.226 e. The number of hydrogen-bond acceptors (Lipinski definition) is 5. The number of aromatic nitrogens is 3. The number of hydrogen-bond donors (Lipinski definition) is 1. The number of nitrogens with one attached hydrogen (secondary N) is 1. The molecule has 2 aromatic carbocycles. The van der Waals surface area contributed by atoms with E-state index in [1.807, 2.05) is 36.5 Å². The summed E-state index contributed by atoms with van der Waals surface area (Å²) in [7, 11) is 0. The van der Waals surface area contributed by atoms with Crippen molar-refractivity contribution in [3.8, 4) is 0 Å². The summed E-state index contributed by atoms with van der Waals surface area (Å²) in [6, 6.07) is 18.6. The molecule has 1 aliphatic heterocycles. The van der Waals surface area contributed by atoms with Crippen molar-refractivity contribution >= 4 is 50.8 Å². The Morgan fingerprint density at radius 3 is 2.61 bits per heavy atom. The Labute approximate surface area is 199 Å². The molecule has 33 heavy (non-hydrogen) atoms. The average molecular weight is 457 g/mol. The van der Waals surface area contributed by atoms with Crippen LogP contribution < -0.4 is 10.2 Å². The fourth-order valence-corrected chi connectivity index (χ4v) is 4.91. The molecule has 4 aromatic rings. The monoisotopic (exact) mass is 456 g/mol. The normalized spacial score (nSPS) is 16.5. The van der Waals surface area contributed by atoms with Gasteiger partial charge in [0.05, 0.1) is 22.8 Å². The van der Waals surface area contributed by atoms with Gasteiger partial charge in [-0.15, -0.1) is 0 Å². The largest absolute Gasteiger partial charge is 0.342 e. The summed E-state index contributed by atoms with van der Waals surface area (Å²) in [5.74, 6) is 1.22. The van der Waals surface area contributed by atoms with E-state index in [2.05, 4.69) is 65.1 Å². The van der Waals surface area contributed by atoms with Crippen LogP contribution in [-0.2, 0) is 0 Å². The summed E-state index contributed by atoms with van der Waals surface area (Å²) in [6.45, 7) is 9.01. The maximum atomic E-state index is 5.90. The summed E-state index contributed by atoms with van der Waals surface area (Å²) in [6.07, 6.45) is 1.81. The SMILES string of the molecule is Cc1nc(N2CCN(C(=S)Nc3cccc4ncccc34)C(C(C)C)C2)nc2ccccc12. The van der Waals surface area contributed by atoms with Crippen LogP contribution in [0.5, 0.6) is 0 Å². The third kappa shape index (κ3) is 4.20. The van der Waals surface area contributed by atoms with Gasteiger partial charge >= 0.3 is 0 Å².